The van der Waals surface area contributed by atoms with Crippen LogP contribution in [0.1, 0.15) is 30.5 Å². The zero-order valence-electron chi connectivity index (χ0n) is 17.7. The van der Waals surface area contributed by atoms with Crippen molar-refractivity contribution >= 4 is 27.8 Å². The summed E-state index contributed by atoms with van der Waals surface area (Å²) in [6.45, 7) is 2.18. The number of ether oxygens (including phenoxy) is 1. The summed E-state index contributed by atoms with van der Waals surface area (Å²) in [5, 5.41) is 16.0. The van der Waals surface area contributed by atoms with Crippen LogP contribution in [-0.4, -0.2) is 26.9 Å². The van der Waals surface area contributed by atoms with Crippen molar-refractivity contribution in [3.63, 3.8) is 0 Å². The van der Waals surface area contributed by atoms with Crippen LogP contribution in [0, 0.1) is 0 Å². The van der Waals surface area contributed by atoms with Crippen molar-refractivity contribution in [1.29, 1.82) is 0 Å². The Hall–Kier alpha value is -3.09. The van der Waals surface area contributed by atoms with E-state index in [2.05, 4.69) is 41.5 Å². The van der Waals surface area contributed by atoms with E-state index in [1.807, 2.05) is 42.5 Å². The molecule has 32 heavy (non-hydrogen) atoms. The number of aliphatic hydroxyl groups excluding tert-OH is 1. The number of nitrogens with one attached hydrogen (secondary N) is 1. The number of aliphatic hydroxyl groups is 1. The van der Waals surface area contributed by atoms with Crippen LogP contribution in [-0.2, 0) is 6.42 Å². The van der Waals surface area contributed by atoms with E-state index in [-0.39, 0.29) is 11.6 Å². The largest absolute Gasteiger partial charge is 0.457 e. The van der Waals surface area contributed by atoms with Gasteiger partial charge in [0.1, 0.15) is 17.6 Å². The molecule has 0 saturated carbocycles. The lowest BCUT2D eigenvalue weighted by molar-refractivity contribution is 0.159. The van der Waals surface area contributed by atoms with Crippen molar-refractivity contribution in [2.24, 2.45) is 4.99 Å². The number of aliphatic imine (C=N–C) groups is 1. The van der Waals surface area contributed by atoms with Gasteiger partial charge in [0, 0.05) is 22.9 Å². The van der Waals surface area contributed by atoms with Crippen LogP contribution in [0.15, 0.2) is 88.6 Å². The Balaban J connectivity index is 1.26. The highest BCUT2D eigenvalue weighted by Gasteiger charge is 2.41. The molecule has 1 unspecified atom stereocenters. The number of hydrogen-bond acceptors (Lipinski definition) is 5. The van der Waals surface area contributed by atoms with Crippen molar-refractivity contribution in [3.8, 4) is 5.75 Å². The number of benzene rings is 2. The summed E-state index contributed by atoms with van der Waals surface area (Å²) in [7, 11) is 0. The van der Waals surface area contributed by atoms with Crippen molar-refractivity contribution in [2.45, 2.75) is 37.5 Å². The number of fused-ring (bicyclic) bond motifs is 3. The standard InChI is InChI=1S/C26H23N3O2S/c1-26-12-10-17(31-22-11-13-27-20-9-5-4-8-19(20)22)15-23(26)32-25(29-26)28-24-18-7-3-2-6-16(18)14-21(24)30/h2-11,13,15,21,24,30H,12,14H2,1H3,(H,28,29)/t21-,24+,26?/m1/s1. The molecule has 3 aliphatic rings. The predicted molar refractivity (Wildman–Crippen MR) is 129 cm³/mol. The first-order chi connectivity index (χ1) is 15.6. The third-order valence-corrected chi connectivity index (χ3v) is 7.57. The molecule has 1 fully saturated rings. The molecule has 2 heterocycles. The average Bonchev–Trinajstić information content (AvgIpc) is 3.30. The summed E-state index contributed by atoms with van der Waals surface area (Å²) in [4.78, 5) is 10.5. The highest BCUT2D eigenvalue weighted by Crippen LogP contribution is 2.44. The van der Waals surface area contributed by atoms with Gasteiger partial charge >= 0.3 is 0 Å². The van der Waals surface area contributed by atoms with Crippen molar-refractivity contribution in [2.75, 3.05) is 0 Å². The van der Waals surface area contributed by atoms with E-state index in [0.717, 1.165) is 39.6 Å². The third-order valence-electron chi connectivity index (χ3n) is 6.38. The van der Waals surface area contributed by atoms with Gasteiger partial charge in [0.25, 0.3) is 0 Å². The molecule has 6 heteroatoms. The molecule has 2 aliphatic carbocycles. The summed E-state index contributed by atoms with van der Waals surface area (Å²) in [5.74, 6) is 1.63. The summed E-state index contributed by atoms with van der Waals surface area (Å²) in [6.07, 6.45) is 6.96. The fourth-order valence-electron chi connectivity index (χ4n) is 4.62. The molecule has 160 valence electrons. The average molecular weight is 442 g/mol. The summed E-state index contributed by atoms with van der Waals surface area (Å²) in [6, 6.07) is 17.8. The van der Waals surface area contributed by atoms with Crippen LogP contribution >= 0.6 is 11.8 Å². The highest BCUT2D eigenvalue weighted by molar-refractivity contribution is 8.17. The number of pyridine rings is 1. The molecule has 6 rings (SSSR count). The van der Waals surface area contributed by atoms with Gasteiger partial charge in [0.15, 0.2) is 5.17 Å². The van der Waals surface area contributed by atoms with E-state index in [4.69, 9.17) is 9.73 Å². The van der Waals surface area contributed by atoms with Gasteiger partial charge in [0.05, 0.1) is 17.2 Å². The molecule has 0 bridgehead atoms. The Kier molecular flexibility index (Phi) is 4.59. The molecule has 3 atom stereocenters. The quantitative estimate of drug-likeness (QED) is 0.606. The minimum Gasteiger partial charge on any atom is -0.457 e. The minimum atomic E-state index is -0.483. The van der Waals surface area contributed by atoms with Gasteiger partial charge in [-0.25, -0.2) is 0 Å². The van der Waals surface area contributed by atoms with Crippen molar-refractivity contribution in [3.05, 3.63) is 94.7 Å². The molecular formula is C26H23N3O2S. The molecule has 1 aromatic heterocycles. The molecule has 1 aliphatic heterocycles. The fraction of sp³-hybridized carbons (Fsp3) is 0.231. The van der Waals surface area contributed by atoms with E-state index in [1.54, 1.807) is 18.0 Å². The van der Waals surface area contributed by atoms with Gasteiger partial charge in [-0.3, -0.25) is 9.98 Å². The molecular weight excluding hydrogens is 418 g/mol. The van der Waals surface area contributed by atoms with Gasteiger partial charge in [0.2, 0.25) is 0 Å². The number of amidine groups is 1. The lowest BCUT2D eigenvalue weighted by Crippen LogP contribution is -2.40. The number of thioether (sulfide) groups is 1. The van der Waals surface area contributed by atoms with E-state index in [9.17, 15) is 5.11 Å². The minimum absolute atomic E-state index is 0.209. The van der Waals surface area contributed by atoms with E-state index in [0.29, 0.717) is 6.42 Å². The number of allylic oxidation sites excluding steroid dienone is 1. The number of para-hydroxylation sites is 1. The smallest absolute Gasteiger partial charge is 0.162 e. The second-order valence-corrected chi connectivity index (χ2v) is 9.69. The van der Waals surface area contributed by atoms with Crippen molar-refractivity contribution < 1.29 is 9.84 Å². The monoisotopic (exact) mass is 441 g/mol. The molecule has 2 N–H and O–H groups in total. The van der Waals surface area contributed by atoms with E-state index in [1.165, 1.54) is 10.5 Å². The summed E-state index contributed by atoms with van der Waals surface area (Å²) < 4.78 is 6.28. The molecule has 1 saturated heterocycles. The molecule has 0 radical (unpaired) electrons. The summed E-state index contributed by atoms with van der Waals surface area (Å²) in [5.41, 5.74) is 3.01. The number of hydrogen-bond donors (Lipinski definition) is 2. The molecule has 5 nitrogen and oxygen atoms in total. The van der Waals surface area contributed by atoms with Gasteiger partial charge in [-0.2, -0.15) is 0 Å². The highest BCUT2D eigenvalue weighted by atomic mass is 32.2. The SMILES string of the molecule is CC12CC=C(Oc3ccnc4ccccc34)C=C1SC(=N[C@H]1c3ccccc3C[C@H]1O)N2. The van der Waals surface area contributed by atoms with Gasteiger partial charge in [-0.05, 0) is 54.8 Å². The maximum Gasteiger partial charge on any atom is 0.162 e. The zero-order chi connectivity index (χ0) is 21.7. The maximum atomic E-state index is 10.6. The molecule has 2 aromatic carbocycles. The second kappa shape index (κ2) is 7.50. The van der Waals surface area contributed by atoms with Crippen LogP contribution in [0.25, 0.3) is 10.9 Å². The van der Waals surface area contributed by atoms with Gasteiger partial charge < -0.3 is 15.2 Å². The first kappa shape index (κ1) is 19.6. The maximum absolute atomic E-state index is 10.6. The Morgan fingerprint density at radius 3 is 2.94 bits per heavy atom. The van der Waals surface area contributed by atoms with Crippen LogP contribution < -0.4 is 10.1 Å². The summed E-state index contributed by atoms with van der Waals surface area (Å²) >= 11 is 1.63. The predicted octanol–water partition coefficient (Wildman–Crippen LogP) is 4.89. The Morgan fingerprint density at radius 1 is 1.16 bits per heavy atom. The van der Waals surface area contributed by atoms with Crippen LogP contribution in [0.2, 0.25) is 0 Å². The lowest BCUT2D eigenvalue weighted by atomic mass is 9.93. The third kappa shape index (κ3) is 3.31. The first-order valence-corrected chi connectivity index (χ1v) is 11.6. The first-order valence-electron chi connectivity index (χ1n) is 10.8. The van der Waals surface area contributed by atoms with Crippen LogP contribution in [0.3, 0.4) is 0 Å². The van der Waals surface area contributed by atoms with Crippen LogP contribution in [0.5, 0.6) is 5.75 Å². The Morgan fingerprint density at radius 2 is 2.00 bits per heavy atom. The zero-order valence-corrected chi connectivity index (χ0v) is 18.5. The number of aromatic nitrogens is 1. The lowest BCUT2D eigenvalue weighted by Gasteiger charge is -2.27. The second-order valence-electron chi connectivity index (χ2n) is 8.66. The van der Waals surface area contributed by atoms with Gasteiger partial charge in [-0.1, -0.05) is 48.2 Å². The Bertz CT molecular complexity index is 1310. The molecule has 3 aromatic rings. The number of rotatable bonds is 3. The van der Waals surface area contributed by atoms with E-state index < -0.39 is 6.10 Å². The van der Waals surface area contributed by atoms with Gasteiger partial charge in [-0.15, -0.1) is 0 Å². The Labute approximate surface area is 190 Å². The molecule has 0 spiro atoms. The normalized spacial score (nSPS) is 27.5. The number of nitrogens with zero attached hydrogens (tertiary/aromatic N) is 2. The van der Waals surface area contributed by atoms with E-state index >= 15 is 0 Å². The van der Waals surface area contributed by atoms with Crippen molar-refractivity contribution in [1.82, 2.24) is 10.3 Å². The molecule has 0 amide bonds. The fourth-order valence-corrected chi connectivity index (χ4v) is 5.81. The topological polar surface area (TPSA) is 66.7 Å². The van der Waals surface area contributed by atoms with Crippen LogP contribution in [0.4, 0.5) is 0 Å².